The summed E-state index contributed by atoms with van der Waals surface area (Å²) in [5.41, 5.74) is 2.22. The topological polar surface area (TPSA) is 67.0 Å². The number of ether oxygens (including phenoxy) is 1. The van der Waals surface area contributed by atoms with Crippen molar-refractivity contribution >= 4 is 17.5 Å². The third-order valence-corrected chi connectivity index (χ3v) is 3.01. The van der Waals surface area contributed by atoms with Gasteiger partial charge in [0.25, 0.3) is 5.91 Å². The van der Waals surface area contributed by atoms with Crippen LogP contribution in [0.5, 0.6) is 0 Å². The average molecular weight is 294 g/mol. The summed E-state index contributed by atoms with van der Waals surface area (Å²) in [5, 5.41) is 3.46. The van der Waals surface area contributed by atoms with Crippen LogP contribution in [0, 0.1) is 6.92 Å². The van der Waals surface area contributed by atoms with Gasteiger partial charge < -0.3 is 15.0 Å². The van der Waals surface area contributed by atoms with E-state index < -0.39 is 0 Å². The fraction of sp³-hybridized carbons (Fsp3) is 0.286. The molecule has 0 aliphatic heterocycles. The lowest BCUT2D eigenvalue weighted by atomic mass is 10.2. The number of aromatic amines is 1. The van der Waals surface area contributed by atoms with Crippen molar-refractivity contribution in [2.45, 2.75) is 13.5 Å². The van der Waals surface area contributed by atoms with Crippen LogP contribution in [0.2, 0.25) is 5.02 Å². The van der Waals surface area contributed by atoms with Crippen LogP contribution < -0.4 is 5.32 Å². The lowest BCUT2D eigenvalue weighted by molar-refractivity contribution is 0.0896. The molecule has 0 saturated carbocycles. The fourth-order valence-corrected chi connectivity index (χ4v) is 1.80. The van der Waals surface area contributed by atoms with Gasteiger partial charge in [-0.3, -0.25) is 4.79 Å². The Bertz CT molecular complexity index is 566. The van der Waals surface area contributed by atoms with E-state index in [0.717, 1.165) is 11.3 Å². The van der Waals surface area contributed by atoms with Crippen molar-refractivity contribution in [1.82, 2.24) is 15.3 Å². The van der Waals surface area contributed by atoms with Gasteiger partial charge >= 0.3 is 0 Å². The number of rotatable bonds is 6. The van der Waals surface area contributed by atoms with Crippen molar-refractivity contribution in [3.63, 3.8) is 0 Å². The fourth-order valence-electron chi connectivity index (χ4n) is 1.68. The number of H-pyrrole nitrogens is 1. The minimum Gasteiger partial charge on any atom is -0.375 e. The molecule has 1 aromatic heterocycles. The summed E-state index contributed by atoms with van der Waals surface area (Å²) in [6.07, 6.45) is 1.50. The van der Waals surface area contributed by atoms with E-state index in [1.165, 1.54) is 6.33 Å². The van der Waals surface area contributed by atoms with Crippen molar-refractivity contribution in [2.24, 2.45) is 0 Å². The van der Waals surface area contributed by atoms with E-state index >= 15 is 0 Å². The normalized spacial score (nSPS) is 10.5. The number of aryl methyl sites for hydroxylation is 1. The molecule has 0 unspecified atom stereocenters. The van der Waals surface area contributed by atoms with Crippen molar-refractivity contribution in [2.75, 3.05) is 13.2 Å². The van der Waals surface area contributed by atoms with Gasteiger partial charge in [-0.15, -0.1) is 0 Å². The number of nitrogens with zero attached hydrogens (tertiary/aromatic N) is 1. The molecule has 0 bridgehead atoms. The van der Waals surface area contributed by atoms with Crippen LogP contribution >= 0.6 is 11.6 Å². The summed E-state index contributed by atoms with van der Waals surface area (Å²) in [6.45, 7) is 3.18. The largest absolute Gasteiger partial charge is 0.375 e. The minimum atomic E-state index is -0.196. The number of imidazole rings is 1. The molecule has 0 aliphatic carbocycles. The summed E-state index contributed by atoms with van der Waals surface area (Å²) in [4.78, 5) is 18.5. The molecular formula is C14H16ClN3O2. The van der Waals surface area contributed by atoms with Crippen LogP contribution in [0.3, 0.4) is 0 Å². The first-order chi connectivity index (χ1) is 9.66. The van der Waals surface area contributed by atoms with Crippen molar-refractivity contribution < 1.29 is 9.53 Å². The number of amides is 1. The third-order valence-electron chi connectivity index (χ3n) is 2.76. The predicted octanol–water partition coefficient (Wildman–Crippen LogP) is 2.32. The molecule has 5 nitrogen and oxygen atoms in total. The maximum absolute atomic E-state index is 11.7. The predicted molar refractivity (Wildman–Crippen MR) is 76.8 cm³/mol. The molecule has 106 valence electrons. The molecule has 1 aromatic carbocycles. The van der Waals surface area contributed by atoms with E-state index in [-0.39, 0.29) is 5.91 Å². The Balaban J connectivity index is 1.66. The van der Waals surface area contributed by atoms with Crippen LogP contribution in [-0.4, -0.2) is 29.0 Å². The van der Waals surface area contributed by atoms with Gasteiger partial charge in [-0.1, -0.05) is 23.7 Å². The van der Waals surface area contributed by atoms with E-state index in [1.807, 2.05) is 24.3 Å². The quantitative estimate of drug-likeness (QED) is 0.803. The monoisotopic (exact) mass is 293 g/mol. The summed E-state index contributed by atoms with van der Waals surface area (Å²) >= 11 is 5.80. The van der Waals surface area contributed by atoms with Gasteiger partial charge in [0.15, 0.2) is 0 Å². The second-order valence-corrected chi connectivity index (χ2v) is 4.75. The Labute approximate surface area is 122 Å². The molecule has 0 aliphatic rings. The highest BCUT2D eigenvalue weighted by Crippen LogP contribution is 2.10. The molecule has 6 heteroatoms. The smallest absolute Gasteiger partial charge is 0.271 e. The third kappa shape index (κ3) is 4.08. The van der Waals surface area contributed by atoms with Crippen LogP contribution in [0.25, 0.3) is 0 Å². The Morgan fingerprint density at radius 1 is 1.40 bits per heavy atom. The summed E-state index contributed by atoms with van der Waals surface area (Å²) < 4.78 is 5.47. The SMILES string of the molecule is Cc1[nH]cnc1C(=O)NCCOCc1ccc(Cl)cc1. The lowest BCUT2D eigenvalue weighted by Gasteiger charge is -2.06. The Hall–Kier alpha value is -1.85. The second-order valence-electron chi connectivity index (χ2n) is 4.31. The molecule has 0 spiro atoms. The number of hydrogen-bond donors (Lipinski definition) is 2. The van der Waals surface area contributed by atoms with Crippen molar-refractivity contribution in [3.05, 3.63) is 52.6 Å². The van der Waals surface area contributed by atoms with Gasteiger partial charge in [0.1, 0.15) is 5.69 Å². The molecule has 2 N–H and O–H groups in total. The highest BCUT2D eigenvalue weighted by molar-refractivity contribution is 6.30. The zero-order valence-electron chi connectivity index (χ0n) is 11.1. The molecule has 1 heterocycles. The Kier molecular flexibility index (Phi) is 5.15. The molecular weight excluding hydrogens is 278 g/mol. The molecule has 1 amide bonds. The number of nitrogens with one attached hydrogen (secondary N) is 2. The lowest BCUT2D eigenvalue weighted by Crippen LogP contribution is -2.28. The van der Waals surface area contributed by atoms with Gasteiger partial charge in [0.05, 0.1) is 19.5 Å². The van der Waals surface area contributed by atoms with Crippen LogP contribution in [0.4, 0.5) is 0 Å². The molecule has 2 aromatic rings. The Morgan fingerprint density at radius 2 is 2.15 bits per heavy atom. The number of halogens is 1. The minimum absolute atomic E-state index is 0.196. The second kappa shape index (κ2) is 7.07. The van der Waals surface area contributed by atoms with E-state index in [0.29, 0.717) is 30.5 Å². The standard InChI is InChI=1S/C14H16ClN3O2/c1-10-13(18-9-17-10)14(19)16-6-7-20-8-11-2-4-12(15)5-3-11/h2-5,9H,6-8H2,1H3,(H,16,19)(H,17,18). The molecule has 0 saturated heterocycles. The van der Waals surface area contributed by atoms with Gasteiger partial charge in [-0.05, 0) is 24.6 Å². The van der Waals surface area contributed by atoms with Crippen LogP contribution in [0.1, 0.15) is 21.7 Å². The van der Waals surface area contributed by atoms with Crippen LogP contribution in [0.15, 0.2) is 30.6 Å². The number of hydrogen-bond acceptors (Lipinski definition) is 3. The number of benzene rings is 1. The van der Waals surface area contributed by atoms with E-state index in [4.69, 9.17) is 16.3 Å². The van der Waals surface area contributed by atoms with Crippen molar-refractivity contribution in [3.8, 4) is 0 Å². The first kappa shape index (κ1) is 14.6. The summed E-state index contributed by atoms with van der Waals surface area (Å²) in [6, 6.07) is 7.47. The zero-order chi connectivity index (χ0) is 14.4. The van der Waals surface area contributed by atoms with Gasteiger partial charge in [0, 0.05) is 17.3 Å². The summed E-state index contributed by atoms with van der Waals surface area (Å²) in [5.74, 6) is -0.196. The van der Waals surface area contributed by atoms with Crippen LogP contribution in [-0.2, 0) is 11.3 Å². The maximum atomic E-state index is 11.7. The maximum Gasteiger partial charge on any atom is 0.271 e. The highest BCUT2D eigenvalue weighted by atomic mass is 35.5. The average Bonchev–Trinajstić information content (AvgIpc) is 2.86. The number of carbonyl (C=O) groups excluding carboxylic acids is 1. The molecule has 2 rings (SSSR count). The zero-order valence-corrected chi connectivity index (χ0v) is 11.9. The Morgan fingerprint density at radius 3 is 2.80 bits per heavy atom. The van der Waals surface area contributed by atoms with Gasteiger partial charge in [-0.25, -0.2) is 4.98 Å². The molecule has 0 atom stereocenters. The van der Waals surface area contributed by atoms with E-state index in [1.54, 1.807) is 6.92 Å². The highest BCUT2D eigenvalue weighted by Gasteiger charge is 2.10. The van der Waals surface area contributed by atoms with Gasteiger partial charge in [-0.2, -0.15) is 0 Å². The molecule has 20 heavy (non-hydrogen) atoms. The number of carbonyl (C=O) groups is 1. The molecule has 0 radical (unpaired) electrons. The van der Waals surface area contributed by atoms with E-state index in [9.17, 15) is 4.79 Å². The van der Waals surface area contributed by atoms with E-state index in [2.05, 4.69) is 15.3 Å². The summed E-state index contributed by atoms with van der Waals surface area (Å²) in [7, 11) is 0. The first-order valence-electron chi connectivity index (χ1n) is 6.27. The number of aromatic nitrogens is 2. The molecule has 0 fully saturated rings. The van der Waals surface area contributed by atoms with Gasteiger partial charge in [0.2, 0.25) is 0 Å². The van der Waals surface area contributed by atoms with Crippen molar-refractivity contribution in [1.29, 1.82) is 0 Å². The first-order valence-corrected chi connectivity index (χ1v) is 6.65.